The molecule has 0 fully saturated rings. The number of thiazole rings is 1. The summed E-state index contributed by atoms with van der Waals surface area (Å²) >= 11 is 1.29. The summed E-state index contributed by atoms with van der Waals surface area (Å²) in [7, 11) is -4.22. The molecular weight excluding hydrogens is 417 g/mol. The molecule has 2 aromatic heterocycles. The molecule has 0 aliphatic carbocycles. The van der Waals surface area contributed by atoms with Gasteiger partial charge in [-0.3, -0.25) is 9.65 Å². The molecule has 11 heteroatoms. The van der Waals surface area contributed by atoms with Crippen LogP contribution in [0.15, 0.2) is 53.4 Å². The van der Waals surface area contributed by atoms with Gasteiger partial charge in [0.1, 0.15) is 5.01 Å². The Balaban J connectivity index is 0.000000224. The van der Waals surface area contributed by atoms with Crippen molar-refractivity contribution in [3.63, 3.8) is 0 Å². The summed E-state index contributed by atoms with van der Waals surface area (Å²) in [6.07, 6.45) is 0. The molecular formula is C18H18FN5O3S2. The average molecular weight is 436 g/mol. The molecule has 4 rings (SSSR count). The molecule has 0 saturated carbocycles. The smallest absolute Gasteiger partial charge is 0.294 e. The van der Waals surface area contributed by atoms with Gasteiger partial charge in [-0.25, -0.2) is 4.98 Å². The van der Waals surface area contributed by atoms with E-state index in [1.54, 1.807) is 11.6 Å². The number of H-pyrrole nitrogens is 1. The minimum atomic E-state index is -4.22. The predicted octanol–water partition coefficient (Wildman–Crippen LogP) is 3.48. The maximum Gasteiger partial charge on any atom is 0.294 e. The molecule has 0 aliphatic heterocycles. The van der Waals surface area contributed by atoms with Gasteiger partial charge in [0.25, 0.3) is 10.1 Å². The van der Waals surface area contributed by atoms with Crippen LogP contribution in [0.3, 0.4) is 0 Å². The molecule has 0 bridgehead atoms. The highest BCUT2D eigenvalue weighted by Crippen LogP contribution is 2.35. The van der Waals surface area contributed by atoms with Gasteiger partial charge in [0, 0.05) is 5.69 Å². The number of hydrogen-bond donors (Lipinski definition) is 4. The number of nitrogens with two attached hydrogens (primary N) is 1. The molecule has 8 nitrogen and oxygen atoms in total. The first-order valence-electron chi connectivity index (χ1n) is 8.36. The molecule has 0 amide bonds. The molecule has 0 radical (unpaired) electrons. The number of nitrogens with zero attached hydrogens (tertiary/aromatic N) is 2. The second-order valence-electron chi connectivity index (χ2n) is 6.03. The fraction of sp³-hybridized carbons (Fsp3) is 0.111. The van der Waals surface area contributed by atoms with Crippen molar-refractivity contribution in [2.45, 2.75) is 18.4 Å². The van der Waals surface area contributed by atoms with Crippen molar-refractivity contribution in [2.24, 2.45) is 0 Å². The van der Waals surface area contributed by atoms with E-state index in [4.69, 9.17) is 10.3 Å². The maximum atomic E-state index is 11.4. The van der Waals surface area contributed by atoms with Crippen molar-refractivity contribution in [1.82, 2.24) is 20.7 Å². The number of aryl methyl sites for hydroxylation is 1. The highest BCUT2D eigenvalue weighted by Gasteiger charge is 2.16. The van der Waals surface area contributed by atoms with E-state index in [0.29, 0.717) is 33.2 Å². The van der Waals surface area contributed by atoms with Crippen LogP contribution < -0.4 is 11.3 Å². The van der Waals surface area contributed by atoms with Crippen molar-refractivity contribution in [3.05, 3.63) is 59.8 Å². The molecule has 0 atom stereocenters. The highest BCUT2D eigenvalue weighted by molar-refractivity contribution is 7.85. The van der Waals surface area contributed by atoms with Gasteiger partial charge in [-0.1, -0.05) is 30.3 Å². The third-order valence-corrected chi connectivity index (χ3v) is 5.85. The first-order valence-corrected chi connectivity index (χ1v) is 10.6. The van der Waals surface area contributed by atoms with Gasteiger partial charge in [-0.2, -0.15) is 19.1 Å². The third kappa shape index (κ3) is 4.95. The van der Waals surface area contributed by atoms with E-state index in [0.717, 1.165) is 11.3 Å². The molecule has 4 aromatic rings. The van der Waals surface area contributed by atoms with E-state index < -0.39 is 10.1 Å². The molecule has 5 N–H and O–H groups in total. The molecule has 0 unspecified atom stereocenters. The molecule has 0 spiro atoms. The van der Waals surface area contributed by atoms with E-state index in [9.17, 15) is 12.9 Å². The highest BCUT2D eigenvalue weighted by atomic mass is 32.2. The van der Waals surface area contributed by atoms with Crippen LogP contribution in [0.25, 0.3) is 20.8 Å². The minimum Gasteiger partial charge on any atom is -0.382 e. The Morgan fingerprint density at radius 2 is 1.97 bits per heavy atom. The number of halogens is 1. The molecule has 2 heterocycles. The van der Waals surface area contributed by atoms with Crippen LogP contribution in [0.4, 0.5) is 10.3 Å². The lowest BCUT2D eigenvalue weighted by Crippen LogP contribution is -1.98. The van der Waals surface area contributed by atoms with Crippen LogP contribution in [0.5, 0.6) is 0 Å². The van der Waals surface area contributed by atoms with Crippen LogP contribution in [0.1, 0.15) is 11.3 Å². The summed E-state index contributed by atoms with van der Waals surface area (Å²) in [5, 5.41) is 7.32. The topological polar surface area (TPSA) is 134 Å². The van der Waals surface area contributed by atoms with Crippen molar-refractivity contribution in [3.8, 4) is 10.6 Å². The van der Waals surface area contributed by atoms with E-state index in [2.05, 4.69) is 15.2 Å². The van der Waals surface area contributed by atoms with E-state index in [1.165, 1.54) is 23.5 Å². The summed E-state index contributed by atoms with van der Waals surface area (Å²) < 4.78 is 43.4. The number of nitrogens with one attached hydrogen (secondary N) is 2. The van der Waals surface area contributed by atoms with Crippen molar-refractivity contribution in [1.29, 1.82) is 0 Å². The van der Waals surface area contributed by atoms with Crippen LogP contribution in [-0.2, 0) is 16.7 Å². The Bertz CT molecular complexity index is 1200. The molecule has 2 aromatic carbocycles. The first kappa shape index (κ1) is 20.9. The lowest BCUT2D eigenvalue weighted by Gasteiger charge is -1.94. The van der Waals surface area contributed by atoms with Crippen LogP contribution in [-0.4, -0.2) is 28.2 Å². The Morgan fingerprint density at radius 1 is 1.24 bits per heavy atom. The average Bonchev–Trinajstić information content (AvgIpc) is 3.24. The van der Waals surface area contributed by atoms with E-state index in [1.807, 2.05) is 37.3 Å². The molecule has 0 aliphatic rings. The number of nitrogen functional groups attached to an aromatic ring is 1. The Labute approximate surface area is 170 Å². The fourth-order valence-electron chi connectivity index (χ4n) is 2.56. The van der Waals surface area contributed by atoms with E-state index in [-0.39, 0.29) is 4.90 Å². The molecule has 152 valence electrons. The quantitative estimate of drug-likeness (QED) is 0.285. The van der Waals surface area contributed by atoms with E-state index >= 15 is 0 Å². The Kier molecular flexibility index (Phi) is 6.23. The Hall–Kier alpha value is -2.86. The number of aromatic nitrogens is 3. The lowest BCUT2D eigenvalue weighted by atomic mass is 10.2. The molecule has 29 heavy (non-hydrogen) atoms. The summed E-state index contributed by atoms with van der Waals surface area (Å²) in [4.78, 5) is 4.25. The van der Waals surface area contributed by atoms with Gasteiger partial charge in [-0.15, -0.1) is 15.8 Å². The number of aromatic amines is 1. The van der Waals surface area contributed by atoms with Crippen molar-refractivity contribution in [2.75, 3.05) is 5.73 Å². The lowest BCUT2D eigenvalue weighted by molar-refractivity contribution is 0.330. The van der Waals surface area contributed by atoms with Gasteiger partial charge in [0.2, 0.25) is 0 Å². The summed E-state index contributed by atoms with van der Waals surface area (Å²) in [6.45, 7) is 2.12. The monoisotopic (exact) mass is 435 g/mol. The van der Waals surface area contributed by atoms with Crippen LogP contribution in [0.2, 0.25) is 0 Å². The standard InChI is InChI=1S/C11H10N4O3S2.C7H8FN/c1-5-9(10(12)15-14-5)11-13-7-3-2-6(20(16,17)18)4-8(7)19-11;8-9-6-7-4-2-1-3-5-7/h2-4H,1H3,(H3,12,14,15)(H,16,17,18);1-5,9H,6H2. The fourth-order valence-corrected chi connectivity index (χ4v) is 4.26. The molecule has 0 saturated heterocycles. The third-order valence-electron chi connectivity index (χ3n) is 3.96. The first-order chi connectivity index (χ1) is 13.8. The second kappa shape index (κ2) is 8.66. The van der Waals surface area contributed by atoms with Gasteiger partial charge in [0.15, 0.2) is 5.82 Å². The number of rotatable bonds is 4. The summed E-state index contributed by atoms with van der Waals surface area (Å²) in [6, 6.07) is 13.6. The zero-order valence-corrected chi connectivity index (χ0v) is 16.9. The summed E-state index contributed by atoms with van der Waals surface area (Å²) in [5.41, 5.74) is 10.5. The SMILES string of the molecule is Cc1[nH]nc(N)c1-c1nc2ccc(S(=O)(=O)O)cc2s1.FNCc1ccccc1. The van der Waals surface area contributed by atoms with Crippen LogP contribution in [0, 0.1) is 6.92 Å². The normalized spacial score (nSPS) is 11.3. The van der Waals surface area contributed by atoms with Gasteiger partial charge >= 0.3 is 0 Å². The zero-order chi connectivity index (χ0) is 21.0. The van der Waals surface area contributed by atoms with Crippen molar-refractivity contribution < 1.29 is 17.5 Å². The number of fused-ring (bicyclic) bond motifs is 1. The zero-order valence-electron chi connectivity index (χ0n) is 15.3. The van der Waals surface area contributed by atoms with Gasteiger partial charge in [-0.05, 0) is 30.7 Å². The van der Waals surface area contributed by atoms with Crippen molar-refractivity contribution >= 4 is 37.5 Å². The number of anilines is 1. The largest absolute Gasteiger partial charge is 0.382 e. The minimum absolute atomic E-state index is 0.155. The number of hydrogen-bond acceptors (Lipinski definition) is 7. The second-order valence-corrected chi connectivity index (χ2v) is 8.48. The van der Waals surface area contributed by atoms with Gasteiger partial charge in [0.05, 0.1) is 27.2 Å². The summed E-state index contributed by atoms with van der Waals surface area (Å²) in [5.74, 6) is 0.344. The van der Waals surface area contributed by atoms with Gasteiger partial charge < -0.3 is 5.73 Å². The Morgan fingerprint density at radius 3 is 2.55 bits per heavy atom. The maximum absolute atomic E-state index is 11.4. The predicted molar refractivity (Wildman–Crippen MR) is 111 cm³/mol. The number of benzene rings is 2. The van der Waals surface area contributed by atoms with Crippen LogP contribution >= 0.6 is 11.3 Å².